The van der Waals surface area contributed by atoms with Gasteiger partial charge >= 0.3 is 0 Å². The van der Waals surface area contributed by atoms with E-state index in [4.69, 9.17) is 0 Å². The Kier molecular flexibility index (Phi) is 5.47. The van der Waals surface area contributed by atoms with E-state index in [1.165, 1.54) is 6.07 Å². The monoisotopic (exact) mass is 400 g/mol. The van der Waals surface area contributed by atoms with Crippen molar-refractivity contribution >= 4 is 31.6 Å². The molecule has 0 fully saturated rings. The van der Waals surface area contributed by atoms with Gasteiger partial charge in [-0.05, 0) is 17.7 Å². The largest absolute Gasteiger partial charge is 0.387 e. The average molecular weight is 401 g/mol. The van der Waals surface area contributed by atoms with Crippen molar-refractivity contribution in [2.45, 2.75) is 11.0 Å². The third kappa shape index (κ3) is 4.35. The first-order valence-corrected chi connectivity index (χ1v) is 8.75. The van der Waals surface area contributed by atoms with Crippen LogP contribution >= 0.6 is 15.9 Å². The summed E-state index contributed by atoms with van der Waals surface area (Å²) in [6.07, 6.45) is -1.06. The molecule has 122 valence electrons. The molecule has 0 aliphatic carbocycles. The summed E-state index contributed by atoms with van der Waals surface area (Å²) in [5.41, 5.74) is 0.00819. The fourth-order valence-electron chi connectivity index (χ4n) is 1.91. The van der Waals surface area contributed by atoms with Gasteiger partial charge in [-0.3, -0.25) is 10.1 Å². The summed E-state index contributed by atoms with van der Waals surface area (Å²) in [6.45, 7) is -0.296. The van der Waals surface area contributed by atoms with Crippen molar-refractivity contribution in [3.05, 3.63) is 68.7 Å². The summed E-state index contributed by atoms with van der Waals surface area (Å²) in [7, 11) is -4.14. The molecule has 1 unspecified atom stereocenters. The highest BCUT2D eigenvalue weighted by atomic mass is 79.9. The Morgan fingerprint density at radius 3 is 2.48 bits per heavy atom. The van der Waals surface area contributed by atoms with Crippen molar-refractivity contribution in [2.24, 2.45) is 0 Å². The first-order valence-electron chi connectivity index (χ1n) is 6.48. The van der Waals surface area contributed by atoms with Crippen LogP contribution in [-0.2, 0) is 10.0 Å². The number of hydrogen-bond acceptors (Lipinski definition) is 5. The lowest BCUT2D eigenvalue weighted by molar-refractivity contribution is -0.387. The molecule has 0 heterocycles. The quantitative estimate of drug-likeness (QED) is 0.571. The molecule has 0 saturated carbocycles. The summed E-state index contributed by atoms with van der Waals surface area (Å²) in [5.74, 6) is 0. The molecule has 2 N–H and O–H groups in total. The van der Waals surface area contributed by atoms with Gasteiger partial charge < -0.3 is 5.11 Å². The first-order chi connectivity index (χ1) is 10.8. The van der Waals surface area contributed by atoms with Crippen LogP contribution in [0.4, 0.5) is 5.69 Å². The van der Waals surface area contributed by atoms with Gasteiger partial charge in [-0.15, -0.1) is 0 Å². The van der Waals surface area contributed by atoms with E-state index in [1.807, 2.05) is 0 Å². The summed E-state index contributed by atoms with van der Waals surface area (Å²) in [4.78, 5) is 9.76. The molecular weight excluding hydrogens is 388 g/mol. The van der Waals surface area contributed by atoms with E-state index < -0.39 is 31.6 Å². The zero-order valence-electron chi connectivity index (χ0n) is 11.7. The number of hydrogen-bond donors (Lipinski definition) is 2. The van der Waals surface area contributed by atoms with Crippen LogP contribution in [0.1, 0.15) is 11.7 Å². The fraction of sp³-hybridized carbons (Fsp3) is 0.143. The number of nitrogens with one attached hydrogen (secondary N) is 1. The standard InChI is InChI=1S/C14H13BrN2O5S/c15-11-6-7-12(17(19)20)14(8-11)23(21,22)16-9-13(18)10-4-2-1-3-5-10/h1-8,13,16,18H,9H2. The van der Waals surface area contributed by atoms with Crippen LogP contribution in [0.5, 0.6) is 0 Å². The van der Waals surface area contributed by atoms with Crippen molar-refractivity contribution in [3.63, 3.8) is 0 Å². The molecule has 2 aromatic rings. The number of aliphatic hydroxyl groups is 1. The maximum atomic E-state index is 12.3. The van der Waals surface area contributed by atoms with Gasteiger partial charge in [0.2, 0.25) is 10.0 Å². The number of halogens is 1. The van der Waals surface area contributed by atoms with Gasteiger partial charge in [-0.1, -0.05) is 46.3 Å². The number of rotatable bonds is 6. The molecule has 7 nitrogen and oxygen atoms in total. The lowest BCUT2D eigenvalue weighted by Gasteiger charge is -2.13. The molecule has 0 aliphatic heterocycles. The van der Waals surface area contributed by atoms with Gasteiger partial charge in [-0.25, -0.2) is 13.1 Å². The smallest absolute Gasteiger partial charge is 0.289 e. The van der Waals surface area contributed by atoms with E-state index >= 15 is 0 Å². The second-order valence-corrected chi connectivity index (χ2v) is 7.30. The molecule has 2 aromatic carbocycles. The van der Waals surface area contributed by atoms with Crippen LogP contribution in [-0.4, -0.2) is 25.0 Å². The second kappa shape index (κ2) is 7.18. The zero-order valence-corrected chi connectivity index (χ0v) is 14.1. The topological polar surface area (TPSA) is 110 Å². The van der Waals surface area contributed by atoms with Crippen LogP contribution in [0.25, 0.3) is 0 Å². The number of nitro groups is 1. The molecule has 9 heteroatoms. The maximum absolute atomic E-state index is 12.3. The predicted molar refractivity (Wildman–Crippen MR) is 87.4 cm³/mol. The number of sulfonamides is 1. The summed E-state index contributed by atoms with van der Waals surface area (Å²) in [6, 6.07) is 12.1. The van der Waals surface area contributed by atoms with Gasteiger partial charge in [-0.2, -0.15) is 0 Å². The van der Waals surface area contributed by atoms with Gasteiger partial charge in [0, 0.05) is 17.1 Å². The molecule has 0 radical (unpaired) electrons. The minimum absolute atomic E-state index is 0.296. The summed E-state index contributed by atoms with van der Waals surface area (Å²) < 4.78 is 27.2. The molecular formula is C14H13BrN2O5S. The van der Waals surface area contributed by atoms with E-state index in [2.05, 4.69) is 20.7 Å². The molecule has 0 aliphatic rings. The summed E-state index contributed by atoms with van der Waals surface area (Å²) >= 11 is 3.09. The molecule has 0 saturated heterocycles. The SMILES string of the molecule is O=[N+]([O-])c1ccc(Br)cc1S(=O)(=O)NCC(O)c1ccccc1. The van der Waals surface area contributed by atoms with Crippen molar-refractivity contribution in [1.82, 2.24) is 4.72 Å². The predicted octanol–water partition coefficient (Wildman–Crippen LogP) is 2.37. The Morgan fingerprint density at radius 1 is 1.22 bits per heavy atom. The van der Waals surface area contributed by atoms with E-state index in [9.17, 15) is 23.6 Å². The highest BCUT2D eigenvalue weighted by Gasteiger charge is 2.26. The van der Waals surface area contributed by atoms with Crippen LogP contribution in [0.15, 0.2) is 57.9 Å². The second-order valence-electron chi connectivity index (χ2n) is 4.65. The Balaban J connectivity index is 2.23. The van der Waals surface area contributed by atoms with E-state index in [1.54, 1.807) is 30.3 Å². The van der Waals surface area contributed by atoms with Crippen LogP contribution in [0.3, 0.4) is 0 Å². The van der Waals surface area contributed by atoms with Gasteiger partial charge in [0.05, 0.1) is 11.0 Å². The third-order valence-electron chi connectivity index (χ3n) is 3.06. The van der Waals surface area contributed by atoms with Crippen LogP contribution in [0.2, 0.25) is 0 Å². The fourth-order valence-corrected chi connectivity index (χ4v) is 3.66. The van der Waals surface area contributed by atoms with Crippen molar-refractivity contribution in [2.75, 3.05) is 6.54 Å². The van der Waals surface area contributed by atoms with Gasteiger partial charge in [0.25, 0.3) is 5.69 Å². The lowest BCUT2D eigenvalue weighted by Crippen LogP contribution is -2.29. The first kappa shape index (κ1) is 17.5. The normalized spacial score (nSPS) is 12.8. The Labute approximate surface area is 141 Å². The number of nitrogens with zero attached hydrogens (tertiary/aromatic N) is 1. The molecule has 2 rings (SSSR count). The molecule has 0 bridgehead atoms. The minimum atomic E-state index is -4.14. The molecule has 0 spiro atoms. The highest BCUT2D eigenvalue weighted by Crippen LogP contribution is 2.27. The van der Waals surface area contributed by atoms with Crippen LogP contribution < -0.4 is 4.72 Å². The number of nitro benzene ring substituents is 1. The Bertz CT molecular complexity index is 811. The molecule has 0 amide bonds. The lowest BCUT2D eigenvalue weighted by atomic mass is 10.1. The van der Waals surface area contributed by atoms with Gasteiger partial charge in [0.1, 0.15) is 0 Å². The van der Waals surface area contributed by atoms with Gasteiger partial charge in [0.15, 0.2) is 4.90 Å². The van der Waals surface area contributed by atoms with Crippen LogP contribution in [0, 0.1) is 10.1 Å². The highest BCUT2D eigenvalue weighted by molar-refractivity contribution is 9.10. The van der Waals surface area contributed by atoms with E-state index in [0.29, 0.717) is 10.0 Å². The zero-order chi connectivity index (χ0) is 17.0. The molecule has 1 atom stereocenters. The van der Waals surface area contributed by atoms with Crippen molar-refractivity contribution < 1.29 is 18.4 Å². The Morgan fingerprint density at radius 2 is 1.87 bits per heavy atom. The number of aliphatic hydroxyl groups excluding tert-OH is 1. The minimum Gasteiger partial charge on any atom is -0.387 e. The molecule has 0 aromatic heterocycles. The summed E-state index contributed by atoms with van der Waals surface area (Å²) in [5, 5.41) is 21.0. The average Bonchev–Trinajstić information content (AvgIpc) is 2.53. The Hall–Kier alpha value is -1.81. The van der Waals surface area contributed by atoms with E-state index in [0.717, 1.165) is 12.1 Å². The van der Waals surface area contributed by atoms with Crippen molar-refractivity contribution in [1.29, 1.82) is 0 Å². The molecule has 23 heavy (non-hydrogen) atoms. The number of benzene rings is 2. The maximum Gasteiger partial charge on any atom is 0.289 e. The van der Waals surface area contributed by atoms with E-state index in [-0.39, 0.29) is 6.54 Å². The van der Waals surface area contributed by atoms with Crippen molar-refractivity contribution in [3.8, 4) is 0 Å². The third-order valence-corrected chi connectivity index (χ3v) is 5.01.